The molecule has 4 aromatic rings. The van der Waals surface area contributed by atoms with E-state index in [2.05, 4.69) is 180 Å². The number of nitrogens with zero attached hydrogens (tertiary/aromatic N) is 2. The first-order valence-corrected chi connectivity index (χ1v) is 26.1. The second-order valence-electron chi connectivity index (χ2n) is 21.7. The molecule has 2 aliphatic rings. The molecule has 1 unspecified atom stereocenters. The van der Waals surface area contributed by atoms with E-state index in [1.165, 1.54) is 44.5 Å². The van der Waals surface area contributed by atoms with E-state index in [0.717, 1.165) is 39.9 Å². The van der Waals surface area contributed by atoms with Gasteiger partial charge in [-0.15, -0.1) is 0 Å². The predicted molar refractivity (Wildman–Crippen MR) is 267 cm³/mol. The molecule has 0 bridgehead atoms. The summed E-state index contributed by atoms with van der Waals surface area (Å²) in [5, 5.41) is 15.2. The van der Waals surface area contributed by atoms with Crippen molar-refractivity contribution in [1.82, 2.24) is 9.34 Å². The molecule has 0 amide bonds. The fourth-order valence-corrected chi connectivity index (χ4v) is 16.8. The Morgan fingerprint density at radius 1 is 0.397 bits per heavy atom. The fourth-order valence-electron chi connectivity index (χ4n) is 9.26. The average Bonchev–Trinajstić information content (AvgIpc) is 3.77. The van der Waals surface area contributed by atoms with E-state index >= 15 is 0 Å². The zero-order chi connectivity index (χ0) is 47.2. The molecule has 5 atom stereocenters. The molecular formula is C54H83N2NaO4P2. The molecule has 0 saturated carbocycles. The van der Waals surface area contributed by atoms with Crippen LogP contribution in [0.2, 0.25) is 0 Å². The molecule has 1 N–H and O–H groups in total. The van der Waals surface area contributed by atoms with Crippen molar-refractivity contribution in [3.05, 3.63) is 142 Å². The van der Waals surface area contributed by atoms with Gasteiger partial charge in [0, 0.05) is 7.11 Å². The van der Waals surface area contributed by atoms with Crippen LogP contribution in [0.5, 0.6) is 0 Å². The van der Waals surface area contributed by atoms with Gasteiger partial charge in [-0.2, -0.15) is 7.11 Å². The van der Waals surface area contributed by atoms with Crippen molar-refractivity contribution < 1.29 is 48.9 Å². The first-order chi connectivity index (χ1) is 28.7. The van der Waals surface area contributed by atoms with Crippen molar-refractivity contribution in [2.24, 2.45) is 0 Å². The summed E-state index contributed by atoms with van der Waals surface area (Å²) >= 11 is 0. The van der Waals surface area contributed by atoms with Crippen LogP contribution in [0, 0.1) is 0 Å². The van der Waals surface area contributed by atoms with E-state index in [-0.39, 0.29) is 73.9 Å². The zero-order valence-electron chi connectivity index (χ0n) is 42.8. The van der Waals surface area contributed by atoms with Crippen molar-refractivity contribution in [1.29, 1.82) is 0 Å². The van der Waals surface area contributed by atoms with E-state index in [1.807, 2.05) is 37.5 Å². The molecule has 0 aliphatic carbocycles. The molecule has 4 aromatic carbocycles. The fraction of sp³-hybridized carbons (Fsp3) is 0.556. The van der Waals surface area contributed by atoms with Crippen LogP contribution in [0.1, 0.15) is 176 Å². The Hall–Kier alpha value is -1.82. The zero-order valence-corrected chi connectivity index (χ0v) is 46.6. The second-order valence-corrected chi connectivity index (χ2v) is 28.5. The van der Waals surface area contributed by atoms with Crippen molar-refractivity contribution in [2.75, 3.05) is 42.4 Å². The van der Waals surface area contributed by atoms with Gasteiger partial charge in [0.15, 0.2) is 14.6 Å². The van der Waals surface area contributed by atoms with Gasteiger partial charge in [0.05, 0.1) is 22.6 Å². The molecule has 9 heteroatoms. The van der Waals surface area contributed by atoms with Crippen LogP contribution < -0.4 is 34.7 Å². The Morgan fingerprint density at radius 2 is 0.540 bits per heavy atom. The third kappa shape index (κ3) is 13.2. The van der Waals surface area contributed by atoms with Gasteiger partial charge in [-0.05, 0) is 120 Å². The Balaban J connectivity index is 0.000000396. The van der Waals surface area contributed by atoms with Crippen LogP contribution in [0.3, 0.4) is 0 Å². The van der Waals surface area contributed by atoms with Crippen LogP contribution in [0.15, 0.2) is 97.1 Å². The molecule has 2 saturated heterocycles. The first-order valence-electron chi connectivity index (χ1n) is 22.5. The van der Waals surface area contributed by atoms with E-state index < -0.39 is 14.6 Å². The Kier molecular flexibility index (Phi) is 20.7. The van der Waals surface area contributed by atoms with Crippen molar-refractivity contribution >= 4 is 14.6 Å². The van der Waals surface area contributed by atoms with Gasteiger partial charge in [-0.3, -0.25) is 9.34 Å². The molecule has 6 nitrogen and oxygen atoms in total. The normalized spacial score (nSPS) is 22.2. The summed E-state index contributed by atoms with van der Waals surface area (Å²) in [6, 6.07) is 35.5. The summed E-state index contributed by atoms with van der Waals surface area (Å²) in [6.45, 7) is 26.8. The summed E-state index contributed by atoms with van der Waals surface area (Å²) in [4.78, 5) is 0. The number of hydrogen-bond acceptors (Lipinski definition) is 4. The molecule has 2 fully saturated rings. The maximum Gasteiger partial charge on any atom is 1.00 e. The maximum atomic E-state index is 14.5. The molecule has 63 heavy (non-hydrogen) atoms. The van der Waals surface area contributed by atoms with Crippen LogP contribution >= 0.6 is 14.6 Å². The monoisotopic (exact) mass is 909 g/mol. The van der Waals surface area contributed by atoms with Crippen LogP contribution in [-0.4, -0.2) is 56.9 Å². The Morgan fingerprint density at radius 3 is 0.651 bits per heavy atom. The number of rotatable bonds is 6. The van der Waals surface area contributed by atoms with Crippen molar-refractivity contribution in [2.45, 2.75) is 153 Å². The minimum absolute atomic E-state index is 0. The van der Waals surface area contributed by atoms with E-state index in [9.17, 15) is 9.13 Å². The molecule has 2 aliphatic heterocycles. The summed E-state index contributed by atoms with van der Waals surface area (Å²) in [7, 11) is 4.58. The number of hydrogen-bond donors (Lipinski definition) is 1. The Labute approximate surface area is 407 Å². The minimum atomic E-state index is -2.58. The van der Waals surface area contributed by atoms with Gasteiger partial charge in [0.1, 0.15) is 0 Å². The number of benzene rings is 4. The van der Waals surface area contributed by atoms with Crippen molar-refractivity contribution in [3.63, 3.8) is 0 Å². The van der Waals surface area contributed by atoms with E-state index in [0.29, 0.717) is 0 Å². The number of aliphatic hydroxyl groups is 1. The van der Waals surface area contributed by atoms with E-state index in [1.54, 1.807) is 0 Å². The molecule has 344 valence electrons. The molecule has 0 radical (unpaired) electrons. The number of aliphatic hydroxyl groups excluding tert-OH is 1. The Bertz CT molecular complexity index is 1800. The first kappa shape index (κ1) is 57.3. The van der Waals surface area contributed by atoms with Crippen LogP contribution in [0.25, 0.3) is 0 Å². The van der Waals surface area contributed by atoms with Gasteiger partial charge >= 0.3 is 29.6 Å². The third-order valence-corrected chi connectivity index (χ3v) is 21.4. The molecule has 6 rings (SSSR count). The maximum absolute atomic E-state index is 14.5. The molecule has 0 aromatic heterocycles. The van der Waals surface area contributed by atoms with Crippen LogP contribution in [0.4, 0.5) is 0 Å². The average molecular weight is 909 g/mol. The molecular weight excluding hydrogens is 826 g/mol. The summed E-state index contributed by atoms with van der Waals surface area (Å²) in [5.41, 5.74) is 11.2. The standard InChI is InChI=1S/2C26H38NOP.CH4O.CH3O.Na/c2*1-25(2,3)21-13-9-19(10-14-21)23-17-18-24(29(23,28)27(7)8)20-11-15-22(16-12-20)26(4,5)6;2*1-2;/h2*9-16,23-24H,17-18H2,1-8H3;2H,1H3;1H3;/q;;;-1;+1/t23-,24+,29?;23-,24-;;;/m.0.../s1. The van der Waals surface area contributed by atoms with Gasteiger partial charge in [0.25, 0.3) is 0 Å². The third-order valence-electron chi connectivity index (χ3n) is 13.1. The van der Waals surface area contributed by atoms with Gasteiger partial charge < -0.3 is 19.3 Å². The molecule has 2 heterocycles. The van der Waals surface area contributed by atoms with Gasteiger partial charge in [-0.1, -0.05) is 180 Å². The van der Waals surface area contributed by atoms with Crippen LogP contribution in [-0.2, 0) is 30.8 Å². The second kappa shape index (κ2) is 22.8. The summed E-state index contributed by atoms with van der Waals surface area (Å²) in [6.07, 6.45) is 3.93. The summed E-state index contributed by atoms with van der Waals surface area (Å²) < 4.78 is 33.0. The quantitative estimate of drug-likeness (QED) is 0.153. The predicted octanol–water partition coefficient (Wildman–Crippen LogP) is 11.0. The molecule has 0 spiro atoms. The van der Waals surface area contributed by atoms with E-state index in [4.69, 9.17) is 10.2 Å². The minimum Gasteiger partial charge on any atom is -0.857 e. The topological polar surface area (TPSA) is 83.9 Å². The summed E-state index contributed by atoms with van der Waals surface area (Å²) in [5.74, 6) is 0. The van der Waals surface area contributed by atoms with Gasteiger partial charge in [0.2, 0.25) is 0 Å². The SMILES string of the molecule is CN(C)P1(=O)[C@@H](c2ccc(C(C)(C)C)cc2)CC[C@H]1c1ccc(C(C)(C)C)cc1.CN(C)P1(=O)[C@H](c2ccc(C(C)(C)C)cc2)CC[C@H]1c1ccc(C(C)(C)C)cc1.CO.C[O-].[Na+]. The van der Waals surface area contributed by atoms with Crippen molar-refractivity contribution in [3.8, 4) is 0 Å². The smallest absolute Gasteiger partial charge is 0.857 e. The van der Waals surface area contributed by atoms with Gasteiger partial charge in [-0.25, -0.2) is 0 Å². The largest absolute Gasteiger partial charge is 1.00 e.